The molecule has 0 amide bonds. The third-order valence-electron chi connectivity index (χ3n) is 1.87. The first kappa shape index (κ1) is 10.2. The molecular weight excluding hydrogens is 232 g/mol. The number of rotatable bonds is 2. The second kappa shape index (κ2) is 4.03. The molecule has 0 aliphatic heterocycles. The second-order valence-electron chi connectivity index (χ2n) is 2.91. The van der Waals surface area contributed by atoms with Crippen LogP contribution in [0.1, 0.15) is 18.3 Å². The Bertz CT molecular complexity index is 502. The summed E-state index contributed by atoms with van der Waals surface area (Å²) in [7, 11) is 0. The Balaban J connectivity index is 2.40. The summed E-state index contributed by atoms with van der Waals surface area (Å²) in [5.74, 6) is 0. The molecule has 0 aliphatic carbocycles. The van der Waals surface area contributed by atoms with Crippen LogP contribution in [0.2, 0.25) is 0 Å². The smallest absolute Gasteiger partial charge is 0.137 e. The van der Waals surface area contributed by atoms with Crippen LogP contribution in [0, 0.1) is 6.92 Å². The summed E-state index contributed by atoms with van der Waals surface area (Å²) in [6.07, 6.45) is 0. The predicted molar refractivity (Wildman–Crippen MR) is 59.8 cm³/mol. The highest BCUT2D eigenvalue weighted by Crippen LogP contribution is 2.28. The van der Waals surface area contributed by atoms with Crippen molar-refractivity contribution in [3.63, 3.8) is 0 Å². The second-order valence-corrected chi connectivity index (χ2v) is 4.52. The summed E-state index contributed by atoms with van der Waals surface area (Å²) < 4.78 is 3.85. The van der Waals surface area contributed by atoms with Crippen molar-refractivity contribution >= 4 is 28.6 Å². The average Bonchev–Trinajstić information content (AvgIpc) is 2.84. The van der Waals surface area contributed by atoms with E-state index in [9.17, 15) is 0 Å². The van der Waals surface area contributed by atoms with Crippen molar-refractivity contribution in [3.05, 3.63) is 16.8 Å². The van der Waals surface area contributed by atoms with Crippen molar-refractivity contribution in [2.75, 3.05) is 0 Å². The first-order valence-corrected chi connectivity index (χ1v) is 5.81. The number of aryl methyl sites for hydroxylation is 1. The number of hydrogen-bond donors (Lipinski definition) is 1. The molecule has 0 aromatic carbocycles. The van der Waals surface area contributed by atoms with E-state index in [-0.39, 0.29) is 0 Å². The van der Waals surface area contributed by atoms with Crippen LogP contribution in [0.15, 0.2) is 10.5 Å². The quantitative estimate of drug-likeness (QED) is 0.496. The normalized spacial score (nSPS) is 12.0. The van der Waals surface area contributed by atoms with Crippen molar-refractivity contribution in [3.8, 4) is 9.88 Å². The van der Waals surface area contributed by atoms with E-state index in [1.54, 1.807) is 6.92 Å². The number of nitrogens with zero attached hydrogens (tertiary/aromatic N) is 4. The Morgan fingerprint density at radius 1 is 1.53 bits per heavy atom. The Hall–Kier alpha value is -1.34. The van der Waals surface area contributed by atoms with E-state index in [0.717, 1.165) is 15.6 Å². The monoisotopic (exact) mass is 240 g/mol. The van der Waals surface area contributed by atoms with Gasteiger partial charge in [0, 0.05) is 5.38 Å². The minimum atomic E-state index is 0.507. The third-order valence-corrected chi connectivity index (χ3v) is 3.69. The van der Waals surface area contributed by atoms with Crippen molar-refractivity contribution in [1.82, 2.24) is 14.6 Å². The van der Waals surface area contributed by atoms with Gasteiger partial charge in [-0.15, -0.1) is 16.4 Å². The van der Waals surface area contributed by atoms with Gasteiger partial charge < -0.3 is 5.21 Å². The highest BCUT2D eigenvalue weighted by molar-refractivity contribution is 7.18. The molecule has 7 heteroatoms. The van der Waals surface area contributed by atoms with Crippen molar-refractivity contribution in [2.45, 2.75) is 13.8 Å². The van der Waals surface area contributed by atoms with Gasteiger partial charge in [-0.3, -0.25) is 0 Å². The zero-order chi connectivity index (χ0) is 10.8. The Labute approximate surface area is 94.3 Å². The van der Waals surface area contributed by atoms with E-state index in [1.807, 2.05) is 12.3 Å². The van der Waals surface area contributed by atoms with Crippen LogP contribution in [0.4, 0.5) is 0 Å². The van der Waals surface area contributed by atoms with Crippen LogP contribution in [0.5, 0.6) is 0 Å². The molecule has 0 radical (unpaired) electrons. The summed E-state index contributed by atoms with van der Waals surface area (Å²) in [5.41, 5.74) is 2.07. The highest BCUT2D eigenvalue weighted by Gasteiger charge is 2.12. The van der Waals surface area contributed by atoms with Gasteiger partial charge in [-0.2, -0.15) is 0 Å². The molecule has 0 fully saturated rings. The molecule has 2 aromatic heterocycles. The topological polar surface area (TPSA) is 71.3 Å². The third kappa shape index (κ3) is 1.88. The molecule has 15 heavy (non-hydrogen) atoms. The largest absolute Gasteiger partial charge is 0.411 e. The Morgan fingerprint density at radius 3 is 2.93 bits per heavy atom. The van der Waals surface area contributed by atoms with Gasteiger partial charge in [0.1, 0.15) is 15.6 Å². The van der Waals surface area contributed by atoms with Crippen LogP contribution in [-0.4, -0.2) is 25.5 Å². The molecule has 0 bridgehead atoms. The molecular formula is C8H8N4OS2. The van der Waals surface area contributed by atoms with E-state index in [2.05, 4.69) is 19.7 Å². The summed E-state index contributed by atoms with van der Waals surface area (Å²) in [4.78, 5) is 5.31. The molecule has 78 valence electrons. The van der Waals surface area contributed by atoms with Crippen molar-refractivity contribution in [2.24, 2.45) is 5.16 Å². The van der Waals surface area contributed by atoms with E-state index < -0.39 is 0 Å². The lowest BCUT2D eigenvalue weighted by molar-refractivity contribution is 0.319. The van der Waals surface area contributed by atoms with Gasteiger partial charge >= 0.3 is 0 Å². The summed E-state index contributed by atoms with van der Waals surface area (Å²) >= 11 is 2.81. The fraction of sp³-hybridized carbons (Fsp3) is 0.250. The number of hydrogen-bond acceptors (Lipinski definition) is 7. The fourth-order valence-corrected chi connectivity index (χ4v) is 2.67. The first-order chi connectivity index (χ1) is 7.22. The number of aromatic nitrogens is 3. The summed E-state index contributed by atoms with van der Waals surface area (Å²) in [5, 5.41) is 18.4. The van der Waals surface area contributed by atoms with Crippen LogP contribution in [0.3, 0.4) is 0 Å². The fourth-order valence-electron chi connectivity index (χ4n) is 1.02. The highest BCUT2D eigenvalue weighted by atomic mass is 32.1. The average molecular weight is 240 g/mol. The van der Waals surface area contributed by atoms with Gasteiger partial charge in [0.25, 0.3) is 0 Å². The maximum atomic E-state index is 8.61. The molecule has 0 spiro atoms. The van der Waals surface area contributed by atoms with Crippen molar-refractivity contribution < 1.29 is 5.21 Å². The molecule has 0 atom stereocenters. The van der Waals surface area contributed by atoms with Crippen LogP contribution >= 0.6 is 22.9 Å². The minimum Gasteiger partial charge on any atom is -0.411 e. The first-order valence-electron chi connectivity index (χ1n) is 4.16. The lowest BCUT2D eigenvalue weighted by Gasteiger charge is -1.90. The lowest BCUT2D eigenvalue weighted by atomic mass is 10.3. The molecule has 1 N–H and O–H groups in total. The number of oxime groups is 1. The molecule has 0 saturated carbocycles. The van der Waals surface area contributed by atoms with Gasteiger partial charge in [0.2, 0.25) is 0 Å². The standard InChI is InChI=1S/C8H8N4OS2/c1-4(11-13)6-3-14-8(9-6)7-5(2)10-12-15-7/h3,13H,1-2H3/b11-4+. The maximum absolute atomic E-state index is 8.61. The zero-order valence-corrected chi connectivity index (χ0v) is 9.76. The van der Waals surface area contributed by atoms with Crippen LogP contribution < -0.4 is 0 Å². The van der Waals surface area contributed by atoms with Gasteiger partial charge in [0.05, 0.1) is 11.4 Å². The molecule has 2 aromatic rings. The van der Waals surface area contributed by atoms with E-state index in [0.29, 0.717) is 11.4 Å². The van der Waals surface area contributed by atoms with E-state index in [1.165, 1.54) is 22.9 Å². The Morgan fingerprint density at radius 2 is 2.33 bits per heavy atom. The Kier molecular flexibility index (Phi) is 2.74. The van der Waals surface area contributed by atoms with E-state index in [4.69, 9.17) is 5.21 Å². The molecule has 0 saturated heterocycles. The molecule has 5 nitrogen and oxygen atoms in total. The van der Waals surface area contributed by atoms with Gasteiger partial charge in [0.15, 0.2) is 0 Å². The van der Waals surface area contributed by atoms with Gasteiger partial charge in [-0.1, -0.05) is 9.64 Å². The van der Waals surface area contributed by atoms with Gasteiger partial charge in [-0.05, 0) is 25.4 Å². The zero-order valence-electron chi connectivity index (χ0n) is 8.13. The SMILES string of the molecule is C/C(=N\O)c1csc(-c2snnc2C)n1. The van der Waals surface area contributed by atoms with E-state index >= 15 is 0 Å². The van der Waals surface area contributed by atoms with Crippen LogP contribution in [0.25, 0.3) is 9.88 Å². The minimum absolute atomic E-state index is 0.507. The molecule has 0 unspecified atom stereocenters. The molecule has 2 rings (SSSR count). The predicted octanol–water partition coefficient (Wildman–Crippen LogP) is 2.17. The summed E-state index contributed by atoms with van der Waals surface area (Å²) in [6.45, 7) is 3.60. The van der Waals surface area contributed by atoms with Crippen molar-refractivity contribution in [1.29, 1.82) is 0 Å². The molecule has 2 heterocycles. The number of thiazole rings is 1. The maximum Gasteiger partial charge on any atom is 0.137 e. The van der Waals surface area contributed by atoms with Gasteiger partial charge in [-0.25, -0.2) is 4.98 Å². The molecule has 0 aliphatic rings. The lowest BCUT2D eigenvalue weighted by Crippen LogP contribution is -1.94. The summed E-state index contributed by atoms with van der Waals surface area (Å²) in [6, 6.07) is 0. The van der Waals surface area contributed by atoms with Crippen LogP contribution in [-0.2, 0) is 0 Å².